The maximum Gasteiger partial charge on any atom is 0.241 e. The van der Waals surface area contributed by atoms with Crippen molar-refractivity contribution in [3.8, 4) is 0 Å². The Morgan fingerprint density at radius 1 is 1.50 bits per heavy atom. The van der Waals surface area contributed by atoms with Gasteiger partial charge in [0, 0.05) is 20.1 Å². The first-order valence-electron chi connectivity index (χ1n) is 5.84. The molecule has 2 amide bonds. The number of nitrogens with two attached hydrogens (primary N) is 1. The van der Waals surface area contributed by atoms with Crippen molar-refractivity contribution in [3.05, 3.63) is 0 Å². The summed E-state index contributed by atoms with van der Waals surface area (Å²) in [5.74, 6) is -0.0998. The summed E-state index contributed by atoms with van der Waals surface area (Å²) < 4.78 is 0. The van der Waals surface area contributed by atoms with Crippen molar-refractivity contribution in [1.29, 1.82) is 0 Å². The summed E-state index contributed by atoms with van der Waals surface area (Å²) in [7, 11) is 1.75. The molecule has 0 aliphatic carbocycles. The number of carbonyl (C=O) groups excluding carboxylic acids is 2. The normalized spacial score (nSPS) is 18.8. The molecule has 0 spiro atoms. The minimum absolute atomic E-state index is 0.0118. The summed E-state index contributed by atoms with van der Waals surface area (Å²) in [6, 6.07) is -0.448. The number of piperazine rings is 1. The zero-order chi connectivity index (χ0) is 12.1. The smallest absolute Gasteiger partial charge is 0.241 e. The first-order chi connectivity index (χ1) is 7.56. The number of rotatable bonds is 4. The standard InChI is InChI=1S/C11H21N3O2/c1-3-4-5-9(12)11(16)14-7-6-13(2)10(15)8-14/h9H,3-8,12H2,1-2H3/t9-/m0/s1. The lowest BCUT2D eigenvalue weighted by atomic mass is 10.1. The van der Waals surface area contributed by atoms with E-state index in [2.05, 4.69) is 6.92 Å². The predicted molar refractivity (Wildman–Crippen MR) is 61.7 cm³/mol. The van der Waals surface area contributed by atoms with Gasteiger partial charge in [0.15, 0.2) is 0 Å². The van der Waals surface area contributed by atoms with Crippen LogP contribution >= 0.6 is 0 Å². The number of amides is 2. The van der Waals surface area contributed by atoms with E-state index in [0.717, 1.165) is 12.8 Å². The highest BCUT2D eigenvalue weighted by Crippen LogP contribution is 2.06. The topological polar surface area (TPSA) is 66.6 Å². The van der Waals surface area contributed by atoms with Crippen LogP contribution in [0.5, 0.6) is 0 Å². The van der Waals surface area contributed by atoms with Gasteiger partial charge in [0.2, 0.25) is 11.8 Å². The Balaban J connectivity index is 2.45. The molecule has 16 heavy (non-hydrogen) atoms. The molecule has 0 aromatic carbocycles. The van der Waals surface area contributed by atoms with Crippen molar-refractivity contribution < 1.29 is 9.59 Å². The van der Waals surface area contributed by atoms with E-state index in [9.17, 15) is 9.59 Å². The minimum atomic E-state index is -0.448. The lowest BCUT2D eigenvalue weighted by molar-refractivity contribution is -0.145. The summed E-state index contributed by atoms with van der Waals surface area (Å²) in [5, 5.41) is 0. The maximum absolute atomic E-state index is 11.9. The van der Waals surface area contributed by atoms with E-state index in [0.29, 0.717) is 19.5 Å². The number of nitrogens with zero attached hydrogens (tertiary/aromatic N) is 2. The van der Waals surface area contributed by atoms with Gasteiger partial charge in [-0.2, -0.15) is 0 Å². The quantitative estimate of drug-likeness (QED) is 0.723. The number of likely N-dealkylation sites (N-methyl/N-ethyl adjacent to an activating group) is 1. The van der Waals surface area contributed by atoms with Crippen LogP contribution in [-0.2, 0) is 9.59 Å². The van der Waals surface area contributed by atoms with Crippen molar-refractivity contribution in [2.45, 2.75) is 32.2 Å². The predicted octanol–water partition coefficient (Wildman–Crippen LogP) is -0.195. The van der Waals surface area contributed by atoms with Gasteiger partial charge in [-0.05, 0) is 6.42 Å². The molecule has 1 aliphatic rings. The first kappa shape index (κ1) is 13.0. The van der Waals surface area contributed by atoms with Gasteiger partial charge >= 0.3 is 0 Å². The molecule has 1 heterocycles. The zero-order valence-corrected chi connectivity index (χ0v) is 10.1. The average Bonchev–Trinajstić information content (AvgIpc) is 2.28. The van der Waals surface area contributed by atoms with E-state index in [-0.39, 0.29) is 18.4 Å². The third kappa shape index (κ3) is 3.20. The Kier molecular flexibility index (Phi) is 4.73. The molecule has 2 N–H and O–H groups in total. The molecule has 0 aromatic heterocycles. The fourth-order valence-corrected chi connectivity index (χ4v) is 1.73. The summed E-state index contributed by atoms with van der Waals surface area (Å²) in [4.78, 5) is 26.5. The Morgan fingerprint density at radius 2 is 2.19 bits per heavy atom. The molecular weight excluding hydrogens is 206 g/mol. The minimum Gasteiger partial charge on any atom is -0.342 e. The van der Waals surface area contributed by atoms with Gasteiger partial charge in [0.25, 0.3) is 0 Å². The number of unbranched alkanes of at least 4 members (excludes halogenated alkanes) is 1. The monoisotopic (exact) mass is 227 g/mol. The van der Waals surface area contributed by atoms with Crippen LogP contribution in [0.3, 0.4) is 0 Å². The summed E-state index contributed by atoms with van der Waals surface area (Å²) >= 11 is 0. The second kappa shape index (κ2) is 5.84. The van der Waals surface area contributed by atoms with Crippen molar-refractivity contribution >= 4 is 11.8 Å². The molecule has 1 fully saturated rings. The number of hydrogen-bond acceptors (Lipinski definition) is 3. The molecular formula is C11H21N3O2. The molecule has 1 rings (SSSR count). The Hall–Kier alpha value is -1.10. The number of hydrogen-bond donors (Lipinski definition) is 1. The fraction of sp³-hybridized carbons (Fsp3) is 0.818. The van der Waals surface area contributed by atoms with Crippen LogP contribution < -0.4 is 5.73 Å². The van der Waals surface area contributed by atoms with Crippen LogP contribution in [0.4, 0.5) is 0 Å². The molecule has 5 heteroatoms. The van der Waals surface area contributed by atoms with Gasteiger partial charge in [-0.3, -0.25) is 9.59 Å². The maximum atomic E-state index is 11.9. The first-order valence-corrected chi connectivity index (χ1v) is 5.84. The Bertz CT molecular complexity index is 268. The Labute approximate surface area is 96.6 Å². The van der Waals surface area contributed by atoms with Gasteiger partial charge in [0.1, 0.15) is 0 Å². The molecule has 0 bridgehead atoms. The van der Waals surface area contributed by atoms with Crippen LogP contribution in [0.15, 0.2) is 0 Å². The molecule has 5 nitrogen and oxygen atoms in total. The summed E-state index contributed by atoms with van der Waals surface area (Å²) in [5.41, 5.74) is 5.80. The lowest BCUT2D eigenvalue weighted by Crippen LogP contribution is -2.54. The molecule has 1 atom stereocenters. The van der Waals surface area contributed by atoms with E-state index in [4.69, 9.17) is 5.73 Å². The summed E-state index contributed by atoms with van der Waals surface area (Å²) in [6.45, 7) is 3.44. The van der Waals surface area contributed by atoms with E-state index >= 15 is 0 Å². The van der Waals surface area contributed by atoms with Gasteiger partial charge in [-0.15, -0.1) is 0 Å². The molecule has 0 aromatic rings. The molecule has 1 aliphatic heterocycles. The molecule has 0 radical (unpaired) electrons. The Morgan fingerprint density at radius 3 is 2.75 bits per heavy atom. The largest absolute Gasteiger partial charge is 0.342 e. The summed E-state index contributed by atoms with van der Waals surface area (Å²) in [6.07, 6.45) is 2.69. The van der Waals surface area contributed by atoms with Crippen LogP contribution in [0.2, 0.25) is 0 Å². The number of carbonyl (C=O) groups is 2. The highest BCUT2D eigenvalue weighted by atomic mass is 16.2. The van der Waals surface area contributed by atoms with Crippen LogP contribution in [0.1, 0.15) is 26.2 Å². The lowest BCUT2D eigenvalue weighted by Gasteiger charge is -2.33. The fourth-order valence-electron chi connectivity index (χ4n) is 1.73. The molecule has 0 saturated carbocycles. The van der Waals surface area contributed by atoms with Crippen LogP contribution in [0, 0.1) is 0 Å². The van der Waals surface area contributed by atoms with Crippen molar-refractivity contribution in [3.63, 3.8) is 0 Å². The van der Waals surface area contributed by atoms with Crippen LogP contribution in [-0.4, -0.2) is 54.3 Å². The molecule has 1 saturated heterocycles. The van der Waals surface area contributed by atoms with Gasteiger partial charge in [-0.1, -0.05) is 19.8 Å². The molecule has 92 valence electrons. The zero-order valence-electron chi connectivity index (χ0n) is 10.1. The van der Waals surface area contributed by atoms with Gasteiger partial charge in [-0.25, -0.2) is 0 Å². The van der Waals surface area contributed by atoms with E-state index in [1.807, 2.05) is 0 Å². The highest BCUT2D eigenvalue weighted by Gasteiger charge is 2.27. The SMILES string of the molecule is CCCC[C@H](N)C(=O)N1CCN(C)C(=O)C1. The van der Waals surface area contributed by atoms with Crippen molar-refractivity contribution in [2.75, 3.05) is 26.7 Å². The van der Waals surface area contributed by atoms with Gasteiger partial charge in [0.05, 0.1) is 12.6 Å². The highest BCUT2D eigenvalue weighted by molar-refractivity contribution is 5.88. The average molecular weight is 227 g/mol. The van der Waals surface area contributed by atoms with E-state index in [1.54, 1.807) is 16.8 Å². The second-order valence-corrected chi connectivity index (χ2v) is 4.32. The third-order valence-corrected chi connectivity index (χ3v) is 2.95. The van der Waals surface area contributed by atoms with Crippen molar-refractivity contribution in [2.24, 2.45) is 5.73 Å². The molecule has 0 unspecified atom stereocenters. The van der Waals surface area contributed by atoms with Gasteiger partial charge < -0.3 is 15.5 Å². The van der Waals surface area contributed by atoms with Crippen molar-refractivity contribution in [1.82, 2.24) is 9.80 Å². The second-order valence-electron chi connectivity index (χ2n) is 4.32. The third-order valence-electron chi connectivity index (χ3n) is 2.95. The van der Waals surface area contributed by atoms with E-state index < -0.39 is 6.04 Å². The van der Waals surface area contributed by atoms with Crippen LogP contribution in [0.25, 0.3) is 0 Å². The van der Waals surface area contributed by atoms with E-state index in [1.165, 1.54) is 0 Å².